The Hall–Kier alpha value is -0.680. The van der Waals surface area contributed by atoms with Gasteiger partial charge in [-0.05, 0) is 30.2 Å². The van der Waals surface area contributed by atoms with Crippen molar-refractivity contribution in [3.05, 3.63) is 29.8 Å². The summed E-state index contributed by atoms with van der Waals surface area (Å²) >= 11 is 0.829. The third-order valence-corrected chi connectivity index (χ3v) is 3.24. The molecule has 0 heterocycles. The molecule has 0 aliphatic carbocycles. The average molecular weight is 277 g/mol. The van der Waals surface area contributed by atoms with Crippen LogP contribution < -0.4 is 5.32 Å². The summed E-state index contributed by atoms with van der Waals surface area (Å²) in [6.45, 7) is 5.82. The van der Waals surface area contributed by atoms with Crippen molar-refractivity contribution in [1.29, 1.82) is 0 Å². The molecule has 1 aromatic rings. The maximum atomic E-state index is 12.1. The van der Waals surface area contributed by atoms with E-state index in [1.807, 2.05) is 12.1 Å². The van der Waals surface area contributed by atoms with Crippen molar-refractivity contribution in [2.24, 2.45) is 5.92 Å². The van der Waals surface area contributed by atoms with E-state index in [1.165, 1.54) is 0 Å². The van der Waals surface area contributed by atoms with E-state index in [9.17, 15) is 13.2 Å². The van der Waals surface area contributed by atoms with Crippen molar-refractivity contribution in [2.75, 3.05) is 12.3 Å². The normalized spacial score (nSPS) is 12.1. The first-order valence-corrected chi connectivity index (χ1v) is 6.84. The molecule has 1 aromatic carbocycles. The fraction of sp³-hybridized carbons (Fsp3) is 0.538. The van der Waals surface area contributed by atoms with E-state index in [0.29, 0.717) is 17.4 Å². The van der Waals surface area contributed by atoms with Crippen LogP contribution in [0, 0.1) is 5.92 Å². The van der Waals surface area contributed by atoms with Gasteiger partial charge in [0, 0.05) is 11.4 Å². The summed E-state index contributed by atoms with van der Waals surface area (Å²) in [6.07, 6.45) is -4.11. The van der Waals surface area contributed by atoms with Gasteiger partial charge in [-0.15, -0.1) is 11.8 Å². The maximum Gasteiger partial charge on any atom is 0.398 e. The van der Waals surface area contributed by atoms with E-state index in [-0.39, 0.29) is 0 Å². The summed E-state index contributed by atoms with van der Waals surface area (Å²) in [5, 5.41) is 3.27. The van der Waals surface area contributed by atoms with E-state index >= 15 is 0 Å². The van der Waals surface area contributed by atoms with E-state index < -0.39 is 11.9 Å². The van der Waals surface area contributed by atoms with Crippen LogP contribution in [0.5, 0.6) is 0 Å². The van der Waals surface area contributed by atoms with Crippen LogP contribution in [-0.2, 0) is 6.54 Å². The first-order valence-electron chi connectivity index (χ1n) is 5.86. The first kappa shape index (κ1) is 15.4. The standard InChI is InChI=1S/C13H18F3NS/c1-10(2)7-17-8-11-4-3-5-12(6-11)18-9-13(14,15)16/h3-6,10,17H,7-9H2,1-2H3. The Labute approximate surface area is 110 Å². The molecule has 1 N–H and O–H groups in total. The smallest absolute Gasteiger partial charge is 0.312 e. The van der Waals surface area contributed by atoms with Crippen molar-refractivity contribution < 1.29 is 13.2 Å². The van der Waals surface area contributed by atoms with Gasteiger partial charge in [-0.1, -0.05) is 26.0 Å². The molecule has 0 bridgehead atoms. The lowest BCUT2D eigenvalue weighted by Gasteiger charge is -2.09. The summed E-state index contributed by atoms with van der Waals surface area (Å²) < 4.78 is 36.3. The number of benzene rings is 1. The minimum atomic E-state index is -4.11. The van der Waals surface area contributed by atoms with E-state index in [2.05, 4.69) is 19.2 Å². The zero-order valence-electron chi connectivity index (χ0n) is 10.6. The van der Waals surface area contributed by atoms with E-state index in [0.717, 1.165) is 23.9 Å². The molecule has 0 radical (unpaired) electrons. The lowest BCUT2D eigenvalue weighted by atomic mass is 10.2. The van der Waals surface area contributed by atoms with E-state index in [4.69, 9.17) is 0 Å². The highest BCUT2D eigenvalue weighted by Gasteiger charge is 2.27. The predicted octanol–water partition coefficient (Wildman–Crippen LogP) is 4.09. The van der Waals surface area contributed by atoms with Crippen LogP contribution >= 0.6 is 11.8 Å². The highest BCUT2D eigenvalue weighted by molar-refractivity contribution is 7.99. The van der Waals surface area contributed by atoms with Gasteiger partial charge >= 0.3 is 6.18 Å². The van der Waals surface area contributed by atoms with Gasteiger partial charge in [0.05, 0.1) is 5.75 Å². The largest absolute Gasteiger partial charge is 0.398 e. The molecule has 0 atom stereocenters. The molecule has 1 rings (SSSR count). The lowest BCUT2D eigenvalue weighted by Crippen LogP contribution is -2.18. The molecular weight excluding hydrogens is 259 g/mol. The minimum absolute atomic E-state index is 0.563. The van der Waals surface area contributed by atoms with Crippen LogP contribution in [0.15, 0.2) is 29.2 Å². The summed E-state index contributed by atoms with van der Waals surface area (Å²) in [7, 11) is 0. The van der Waals surface area contributed by atoms with Gasteiger partial charge in [-0.2, -0.15) is 13.2 Å². The number of hydrogen-bond donors (Lipinski definition) is 1. The SMILES string of the molecule is CC(C)CNCc1cccc(SCC(F)(F)F)c1. The van der Waals surface area contributed by atoms with Crippen LogP contribution in [0.2, 0.25) is 0 Å². The zero-order chi connectivity index (χ0) is 13.6. The molecule has 0 unspecified atom stereocenters. The molecule has 0 aliphatic rings. The van der Waals surface area contributed by atoms with Gasteiger partial charge in [0.2, 0.25) is 0 Å². The summed E-state index contributed by atoms with van der Waals surface area (Å²) in [5.74, 6) is -0.275. The van der Waals surface area contributed by atoms with Crippen LogP contribution in [0.3, 0.4) is 0 Å². The molecule has 102 valence electrons. The predicted molar refractivity (Wildman–Crippen MR) is 69.8 cm³/mol. The second kappa shape index (κ2) is 7.04. The molecule has 0 amide bonds. The molecule has 0 aliphatic heterocycles. The van der Waals surface area contributed by atoms with Gasteiger partial charge in [0.25, 0.3) is 0 Å². The summed E-state index contributed by atoms with van der Waals surface area (Å²) in [5.41, 5.74) is 1.02. The van der Waals surface area contributed by atoms with Gasteiger partial charge in [-0.25, -0.2) is 0 Å². The molecule has 0 fully saturated rings. The second-order valence-corrected chi connectivity index (χ2v) is 5.62. The Balaban J connectivity index is 2.46. The number of halogens is 3. The molecule has 1 nitrogen and oxygen atoms in total. The molecule has 0 saturated carbocycles. The molecule has 18 heavy (non-hydrogen) atoms. The number of thioether (sulfide) groups is 1. The molecule has 0 saturated heterocycles. The van der Waals surface area contributed by atoms with Crippen molar-refractivity contribution in [1.82, 2.24) is 5.32 Å². The minimum Gasteiger partial charge on any atom is -0.312 e. The molecule has 5 heteroatoms. The summed E-state index contributed by atoms with van der Waals surface area (Å²) in [6, 6.07) is 7.24. The highest BCUT2D eigenvalue weighted by Crippen LogP contribution is 2.27. The first-order chi connectivity index (χ1) is 8.37. The van der Waals surface area contributed by atoms with Crippen LogP contribution in [0.4, 0.5) is 13.2 Å². The van der Waals surface area contributed by atoms with Crippen molar-refractivity contribution in [3.63, 3.8) is 0 Å². The van der Waals surface area contributed by atoms with Gasteiger partial charge in [0.15, 0.2) is 0 Å². The summed E-state index contributed by atoms with van der Waals surface area (Å²) in [4.78, 5) is 0.663. The highest BCUT2D eigenvalue weighted by atomic mass is 32.2. The van der Waals surface area contributed by atoms with Crippen molar-refractivity contribution >= 4 is 11.8 Å². The Morgan fingerprint density at radius 2 is 2.00 bits per heavy atom. The van der Waals surface area contributed by atoms with E-state index in [1.54, 1.807) is 12.1 Å². The fourth-order valence-electron chi connectivity index (χ4n) is 1.42. The topological polar surface area (TPSA) is 12.0 Å². The Morgan fingerprint density at radius 1 is 1.28 bits per heavy atom. The number of hydrogen-bond acceptors (Lipinski definition) is 2. The molecule has 0 spiro atoms. The molecular formula is C13H18F3NS. The van der Waals surface area contributed by atoms with Crippen molar-refractivity contribution in [2.45, 2.75) is 31.5 Å². The van der Waals surface area contributed by atoms with Crippen LogP contribution in [0.1, 0.15) is 19.4 Å². The maximum absolute atomic E-state index is 12.1. The Morgan fingerprint density at radius 3 is 2.61 bits per heavy atom. The average Bonchev–Trinajstić information content (AvgIpc) is 2.26. The Kier molecular flexibility index (Phi) is 6.02. The van der Waals surface area contributed by atoms with Crippen molar-refractivity contribution in [3.8, 4) is 0 Å². The van der Waals surface area contributed by atoms with Crippen LogP contribution in [0.25, 0.3) is 0 Å². The molecule has 0 aromatic heterocycles. The van der Waals surface area contributed by atoms with Gasteiger partial charge < -0.3 is 5.32 Å². The number of rotatable bonds is 6. The van der Waals surface area contributed by atoms with Gasteiger partial charge in [0.1, 0.15) is 0 Å². The monoisotopic (exact) mass is 277 g/mol. The lowest BCUT2D eigenvalue weighted by molar-refractivity contribution is -0.105. The quantitative estimate of drug-likeness (QED) is 0.786. The Bertz CT molecular complexity index is 363. The number of nitrogens with one attached hydrogen (secondary N) is 1. The third kappa shape index (κ3) is 6.91. The van der Waals surface area contributed by atoms with Crippen LogP contribution in [-0.4, -0.2) is 18.5 Å². The zero-order valence-corrected chi connectivity index (χ0v) is 11.4. The number of alkyl halides is 3. The fourth-order valence-corrected chi connectivity index (χ4v) is 2.16. The van der Waals surface area contributed by atoms with Gasteiger partial charge in [-0.3, -0.25) is 0 Å². The second-order valence-electron chi connectivity index (χ2n) is 4.58. The third-order valence-electron chi connectivity index (χ3n) is 2.18.